The average molecular weight is 963 g/mol. The monoisotopic (exact) mass is 962 g/mol. The Bertz CT molecular complexity index is 1670. The summed E-state index contributed by atoms with van der Waals surface area (Å²) < 4.78 is 4.66. The van der Waals surface area contributed by atoms with Crippen LogP contribution in [-0.2, 0) is 52.7 Å². The molecule has 0 aliphatic rings. The van der Waals surface area contributed by atoms with Crippen LogP contribution in [-0.4, -0.2) is 187 Å². The fourth-order valence-electron chi connectivity index (χ4n) is 5.87. The zero-order chi connectivity index (χ0) is 50.5. The van der Waals surface area contributed by atoms with Gasteiger partial charge >= 0.3 is 5.97 Å². The minimum absolute atomic E-state index is 0.00103. The molecular formula is C39H70N12O14S. The van der Waals surface area contributed by atoms with Gasteiger partial charge in [-0.15, -0.1) is 0 Å². The van der Waals surface area contributed by atoms with Crippen molar-refractivity contribution in [2.75, 3.05) is 59.0 Å². The molecule has 0 spiro atoms. The Morgan fingerprint density at radius 2 is 1.32 bits per heavy atom. The number of amides is 9. The highest BCUT2D eigenvalue weighted by Gasteiger charge is 2.36. The number of aliphatic imine (C=N–C) groups is 1. The lowest BCUT2D eigenvalue weighted by Crippen LogP contribution is -2.62. The molecule has 0 fully saturated rings. The first-order chi connectivity index (χ1) is 31.0. The summed E-state index contributed by atoms with van der Waals surface area (Å²) >= 11 is 1.41. The van der Waals surface area contributed by atoms with E-state index in [0.29, 0.717) is 18.6 Å². The second-order valence-corrected chi connectivity index (χ2v) is 16.4. The molecule has 27 heteroatoms. The number of thioether (sulfide) groups is 1. The molecule has 26 nitrogen and oxygen atoms in total. The maximum absolute atomic E-state index is 13.6. The van der Waals surface area contributed by atoms with Crippen molar-refractivity contribution in [1.82, 2.24) is 42.1 Å². The number of carbonyl (C=O) groups excluding carboxylic acids is 10. The number of methoxy groups -OCH3 is 1. The number of aliphatic hydroxyl groups is 3. The van der Waals surface area contributed by atoms with E-state index >= 15 is 0 Å². The fourth-order valence-corrected chi connectivity index (χ4v) is 6.25. The van der Waals surface area contributed by atoms with E-state index in [1.807, 2.05) is 0 Å². The molecule has 0 radical (unpaired) electrons. The highest BCUT2D eigenvalue weighted by atomic mass is 32.2. The summed E-state index contributed by atoms with van der Waals surface area (Å²) in [6.45, 7) is 2.33. The molecule has 0 saturated carbocycles. The van der Waals surface area contributed by atoms with Crippen molar-refractivity contribution >= 4 is 76.9 Å². The third-order valence-electron chi connectivity index (χ3n) is 9.51. The third kappa shape index (κ3) is 24.5. The van der Waals surface area contributed by atoms with Gasteiger partial charge < -0.3 is 79.4 Å². The highest BCUT2D eigenvalue weighted by molar-refractivity contribution is 7.98. The molecule has 0 saturated heterocycles. The second kappa shape index (κ2) is 32.8. The van der Waals surface area contributed by atoms with Gasteiger partial charge in [0, 0.05) is 32.4 Å². The maximum Gasteiger partial charge on any atom is 0.308 e. The van der Waals surface area contributed by atoms with E-state index in [1.54, 1.807) is 20.1 Å². The van der Waals surface area contributed by atoms with Crippen LogP contribution in [0.1, 0.15) is 72.1 Å². The molecular weight excluding hydrogens is 893 g/mol. The van der Waals surface area contributed by atoms with Crippen molar-refractivity contribution in [3.63, 3.8) is 0 Å². The number of aliphatic hydroxyl groups excluding tert-OH is 3. The minimum Gasteiger partial charge on any atom is -0.469 e. The van der Waals surface area contributed by atoms with Crippen LogP contribution >= 0.6 is 11.8 Å². The van der Waals surface area contributed by atoms with Gasteiger partial charge in [0.05, 0.1) is 39.3 Å². The number of guanidine groups is 1. The van der Waals surface area contributed by atoms with Crippen LogP contribution in [0.2, 0.25) is 0 Å². The molecule has 16 N–H and O–H groups in total. The summed E-state index contributed by atoms with van der Waals surface area (Å²) in [5.41, 5.74) is 16.1. The molecule has 0 rings (SSSR count). The van der Waals surface area contributed by atoms with E-state index in [4.69, 9.17) is 22.3 Å². The molecule has 0 bridgehead atoms. The number of esters is 1. The Labute approximate surface area is 387 Å². The van der Waals surface area contributed by atoms with Crippen LogP contribution in [0.25, 0.3) is 0 Å². The molecule has 0 aromatic rings. The van der Waals surface area contributed by atoms with E-state index in [-0.39, 0.29) is 63.0 Å². The summed E-state index contributed by atoms with van der Waals surface area (Å²) in [4.78, 5) is 134. The SMILES string of the molecule is COC(=O)C[C@H](NC(=O)[C@H](CO)NC(=O)[C@H](CCCN=C(N)N)N(C)C(=O)CCSC)C(=O)N[C@H](C(=O)N[C@@H](CC(C)C)C(=O)NCC(=O)NCC(=O)N[C@@H](CCCCO)C(N)=O)[C@@H](C)O. The lowest BCUT2D eigenvalue weighted by Gasteiger charge is -2.29. The molecule has 0 aromatic heterocycles. The van der Waals surface area contributed by atoms with Crippen LogP contribution in [0.3, 0.4) is 0 Å². The van der Waals surface area contributed by atoms with Crippen LogP contribution in [0.4, 0.5) is 0 Å². The Morgan fingerprint density at radius 1 is 0.712 bits per heavy atom. The summed E-state index contributed by atoms with van der Waals surface area (Å²) in [6, 6.07) is -8.88. The molecule has 0 aromatic carbocycles. The number of hydrogen-bond donors (Lipinski definition) is 13. The predicted molar refractivity (Wildman–Crippen MR) is 240 cm³/mol. The van der Waals surface area contributed by atoms with Gasteiger partial charge in [0.15, 0.2) is 5.96 Å². The Hall–Kier alpha value is -5.80. The lowest BCUT2D eigenvalue weighted by molar-refractivity contribution is -0.144. The second-order valence-electron chi connectivity index (χ2n) is 15.5. The van der Waals surface area contributed by atoms with Crippen molar-refractivity contribution in [2.45, 2.75) is 114 Å². The Kier molecular flexibility index (Phi) is 29.9. The molecule has 0 aliphatic heterocycles. The van der Waals surface area contributed by atoms with Crippen LogP contribution < -0.4 is 54.4 Å². The van der Waals surface area contributed by atoms with E-state index in [0.717, 1.165) is 14.0 Å². The maximum atomic E-state index is 13.6. The first-order valence-corrected chi connectivity index (χ1v) is 22.5. The smallest absolute Gasteiger partial charge is 0.308 e. The van der Waals surface area contributed by atoms with Crippen LogP contribution in [0.15, 0.2) is 4.99 Å². The first-order valence-electron chi connectivity index (χ1n) is 21.1. The molecule has 376 valence electrons. The first kappa shape index (κ1) is 60.2. The molecule has 7 atom stereocenters. The Morgan fingerprint density at radius 3 is 1.86 bits per heavy atom. The number of nitrogens with zero attached hydrogens (tertiary/aromatic N) is 2. The minimum atomic E-state index is -1.82. The lowest BCUT2D eigenvalue weighted by atomic mass is 10.0. The van der Waals surface area contributed by atoms with Crippen LogP contribution in [0.5, 0.6) is 0 Å². The van der Waals surface area contributed by atoms with Gasteiger partial charge in [0.25, 0.3) is 0 Å². The fraction of sp³-hybridized carbons (Fsp3) is 0.718. The summed E-state index contributed by atoms with van der Waals surface area (Å²) in [6.07, 6.45) is 0.663. The van der Waals surface area contributed by atoms with Crippen molar-refractivity contribution < 1.29 is 68.0 Å². The molecule has 66 heavy (non-hydrogen) atoms. The largest absolute Gasteiger partial charge is 0.469 e. The number of rotatable bonds is 33. The number of nitrogens with two attached hydrogens (primary N) is 3. The van der Waals surface area contributed by atoms with Crippen LogP contribution in [0, 0.1) is 5.92 Å². The topological polar surface area (TPSA) is 418 Å². The van der Waals surface area contributed by atoms with Crippen molar-refractivity contribution in [1.29, 1.82) is 0 Å². The van der Waals surface area contributed by atoms with Gasteiger partial charge in [0.2, 0.25) is 53.2 Å². The standard InChI is InChI=1S/C39H70N12O14S/c1-21(2)16-24(34(60)45-18-28(55)44-19-29(56)46-23(33(40)59)10-7-8-14-52)48-38(64)32(22(3)54)50-35(61)25(17-31(58)65-5)47-36(62)26(20-53)49-37(63)27(11-9-13-43-39(41)42)51(4)30(57)12-15-66-6/h21-27,32,52-54H,7-20H2,1-6H3,(H2,40,59)(H,44,55)(H,45,60)(H,46,56)(H,47,62)(H,48,64)(H,49,63)(H,50,61)(H4,41,42,43)/t22-,23+,24+,25+,26+,27+,32+/m1/s1. The van der Waals surface area contributed by atoms with E-state index in [9.17, 15) is 58.2 Å². The van der Waals surface area contributed by atoms with Gasteiger partial charge in [-0.2, -0.15) is 11.8 Å². The number of carbonyl (C=O) groups is 10. The van der Waals surface area contributed by atoms with Crippen molar-refractivity contribution in [2.24, 2.45) is 28.1 Å². The van der Waals surface area contributed by atoms with E-state index in [1.165, 1.54) is 23.7 Å². The zero-order valence-electron chi connectivity index (χ0n) is 38.4. The van der Waals surface area contributed by atoms with Crippen molar-refractivity contribution in [3.05, 3.63) is 0 Å². The average Bonchev–Trinajstić information content (AvgIpc) is 3.25. The van der Waals surface area contributed by atoms with Gasteiger partial charge in [-0.05, 0) is 57.6 Å². The van der Waals surface area contributed by atoms with Crippen molar-refractivity contribution in [3.8, 4) is 0 Å². The Balaban J connectivity index is 6.01. The summed E-state index contributed by atoms with van der Waals surface area (Å²) in [7, 11) is 2.39. The molecule has 0 aliphatic carbocycles. The third-order valence-corrected chi connectivity index (χ3v) is 10.1. The normalized spacial score (nSPS) is 14.0. The number of primary amides is 1. The van der Waals surface area contributed by atoms with Gasteiger partial charge in [-0.3, -0.25) is 52.9 Å². The van der Waals surface area contributed by atoms with E-state index < -0.39 is 122 Å². The predicted octanol–water partition coefficient (Wildman–Crippen LogP) is -6.09. The zero-order valence-corrected chi connectivity index (χ0v) is 39.2. The van der Waals surface area contributed by atoms with Gasteiger partial charge in [-0.1, -0.05) is 13.8 Å². The molecule has 0 unspecified atom stereocenters. The highest BCUT2D eigenvalue weighted by Crippen LogP contribution is 2.11. The molecule has 9 amide bonds. The number of unbranched alkanes of at least 4 members (excludes halogenated alkanes) is 1. The quantitative estimate of drug-likeness (QED) is 0.0126. The van der Waals surface area contributed by atoms with Gasteiger partial charge in [-0.25, -0.2) is 0 Å². The number of nitrogens with one attached hydrogen (secondary N) is 7. The number of likely N-dealkylation sites (N-methyl/N-ethyl adjacent to an activating group) is 1. The van der Waals surface area contributed by atoms with Gasteiger partial charge in [0.1, 0.15) is 36.3 Å². The summed E-state index contributed by atoms with van der Waals surface area (Å²) in [5.74, 6) is -8.87. The molecule has 0 heterocycles. The summed E-state index contributed by atoms with van der Waals surface area (Å²) in [5, 5.41) is 45.9. The van der Waals surface area contributed by atoms with E-state index in [2.05, 4.69) is 46.9 Å². The number of ether oxygens (including phenoxy) is 1. The number of hydrogen-bond acceptors (Lipinski definition) is 16.